The first kappa shape index (κ1) is 17.3. The van der Waals surface area contributed by atoms with Crippen LogP contribution in [0.3, 0.4) is 0 Å². The molecule has 3 rings (SSSR count). The number of anilines is 2. The summed E-state index contributed by atoms with van der Waals surface area (Å²) in [5.74, 6) is 0.127. The van der Waals surface area contributed by atoms with Crippen molar-refractivity contribution in [3.8, 4) is 0 Å². The maximum atomic E-state index is 12.2. The molecule has 1 amide bonds. The van der Waals surface area contributed by atoms with Gasteiger partial charge in [0.05, 0.1) is 0 Å². The highest BCUT2D eigenvalue weighted by Crippen LogP contribution is 2.31. The van der Waals surface area contributed by atoms with Gasteiger partial charge < -0.3 is 15.3 Å². The number of nitrogens with zero attached hydrogens (tertiary/aromatic N) is 1. The number of hydrogen-bond donors (Lipinski definition) is 2. The smallest absolute Gasteiger partial charge is 0.248 e. The molecule has 2 aromatic rings. The number of hydrogen-bond acceptors (Lipinski definition) is 3. The van der Waals surface area contributed by atoms with Crippen molar-refractivity contribution in [1.29, 1.82) is 0 Å². The van der Waals surface area contributed by atoms with Crippen LogP contribution in [-0.4, -0.2) is 39.1 Å². The fourth-order valence-electron chi connectivity index (χ4n) is 3.19. The van der Waals surface area contributed by atoms with E-state index in [0.717, 1.165) is 29.9 Å². The van der Waals surface area contributed by atoms with Gasteiger partial charge >= 0.3 is 0 Å². The standard InChI is InChI=1S/C20H23BN2O2/c1-23-12-15(13-24)10-16-5-8-18(11-19(16)23)22-20(25)9-4-14-2-6-17(21)7-3-14/h2-9,11,15,24H,10,12-13,21H2,1H3,(H,22,25)/b9-4+. The molecule has 1 heterocycles. The van der Waals surface area contributed by atoms with Crippen LogP contribution in [0.4, 0.5) is 11.4 Å². The molecule has 1 unspecified atom stereocenters. The summed E-state index contributed by atoms with van der Waals surface area (Å²) >= 11 is 0. The molecule has 0 bridgehead atoms. The molecule has 0 radical (unpaired) electrons. The zero-order valence-corrected chi connectivity index (χ0v) is 14.7. The van der Waals surface area contributed by atoms with E-state index >= 15 is 0 Å². The zero-order chi connectivity index (χ0) is 17.8. The van der Waals surface area contributed by atoms with Crippen LogP contribution in [0.15, 0.2) is 48.5 Å². The fourth-order valence-corrected chi connectivity index (χ4v) is 3.19. The molecule has 0 fully saturated rings. The number of carbonyl (C=O) groups excluding carboxylic acids is 1. The molecule has 1 aliphatic heterocycles. The molecule has 2 N–H and O–H groups in total. The molecule has 0 aliphatic carbocycles. The first-order chi connectivity index (χ1) is 12.0. The van der Waals surface area contributed by atoms with E-state index < -0.39 is 0 Å². The van der Waals surface area contributed by atoms with Crippen molar-refractivity contribution in [2.45, 2.75) is 6.42 Å². The molecule has 5 heteroatoms. The second kappa shape index (κ2) is 7.57. The lowest BCUT2D eigenvalue weighted by atomic mass is 9.93. The van der Waals surface area contributed by atoms with Crippen molar-refractivity contribution in [1.82, 2.24) is 0 Å². The average molecular weight is 334 g/mol. The van der Waals surface area contributed by atoms with Crippen LogP contribution in [0.5, 0.6) is 0 Å². The summed E-state index contributed by atoms with van der Waals surface area (Å²) < 4.78 is 0. The number of nitrogens with one attached hydrogen (secondary N) is 1. The van der Waals surface area contributed by atoms with E-state index in [4.69, 9.17) is 0 Å². The van der Waals surface area contributed by atoms with E-state index in [1.165, 1.54) is 11.0 Å². The second-order valence-electron chi connectivity index (χ2n) is 6.71. The minimum atomic E-state index is -0.146. The quantitative estimate of drug-likeness (QED) is 0.653. The van der Waals surface area contributed by atoms with Gasteiger partial charge in [0.15, 0.2) is 0 Å². The SMILES string of the molecule is Bc1ccc(/C=C/C(=O)Nc2ccc3c(c2)N(C)CC(CO)C3)cc1. The number of amides is 1. The molecule has 1 aliphatic rings. The van der Waals surface area contributed by atoms with Gasteiger partial charge in [0.1, 0.15) is 7.85 Å². The summed E-state index contributed by atoms with van der Waals surface area (Å²) in [6.07, 6.45) is 4.23. The normalized spacial score (nSPS) is 16.7. The molecule has 128 valence electrons. The highest BCUT2D eigenvalue weighted by Gasteiger charge is 2.21. The Morgan fingerprint density at radius 3 is 2.80 bits per heavy atom. The Labute approximate surface area is 149 Å². The van der Waals surface area contributed by atoms with Gasteiger partial charge in [0.2, 0.25) is 5.91 Å². The number of aliphatic hydroxyl groups is 1. The van der Waals surface area contributed by atoms with Crippen LogP contribution in [0.25, 0.3) is 6.08 Å². The lowest BCUT2D eigenvalue weighted by molar-refractivity contribution is -0.111. The van der Waals surface area contributed by atoms with E-state index in [-0.39, 0.29) is 18.4 Å². The third-order valence-electron chi connectivity index (χ3n) is 4.57. The summed E-state index contributed by atoms with van der Waals surface area (Å²) in [5.41, 5.74) is 5.31. The summed E-state index contributed by atoms with van der Waals surface area (Å²) in [6.45, 7) is 1.03. The second-order valence-corrected chi connectivity index (χ2v) is 6.71. The number of rotatable bonds is 4. The number of benzene rings is 2. The van der Waals surface area contributed by atoms with Crippen LogP contribution in [0.1, 0.15) is 11.1 Å². The van der Waals surface area contributed by atoms with Crippen molar-refractivity contribution in [3.63, 3.8) is 0 Å². The summed E-state index contributed by atoms with van der Waals surface area (Å²) in [4.78, 5) is 14.3. The molecule has 25 heavy (non-hydrogen) atoms. The van der Waals surface area contributed by atoms with Gasteiger partial charge in [-0.05, 0) is 35.8 Å². The van der Waals surface area contributed by atoms with Crippen molar-refractivity contribution in [2.24, 2.45) is 5.92 Å². The first-order valence-electron chi connectivity index (χ1n) is 8.56. The third kappa shape index (κ3) is 4.31. The number of carbonyl (C=O) groups is 1. The predicted molar refractivity (Wildman–Crippen MR) is 106 cm³/mol. The molecular weight excluding hydrogens is 311 g/mol. The topological polar surface area (TPSA) is 52.6 Å². The maximum absolute atomic E-state index is 12.2. The Bertz CT molecular complexity index is 787. The highest BCUT2D eigenvalue weighted by atomic mass is 16.3. The molecule has 1 atom stereocenters. The molecule has 0 spiro atoms. The third-order valence-corrected chi connectivity index (χ3v) is 4.57. The van der Waals surface area contributed by atoms with Gasteiger partial charge in [0, 0.05) is 43.6 Å². The largest absolute Gasteiger partial charge is 0.396 e. The van der Waals surface area contributed by atoms with Crippen molar-refractivity contribution in [2.75, 3.05) is 30.4 Å². The molecule has 2 aromatic carbocycles. The van der Waals surface area contributed by atoms with Gasteiger partial charge in [0.25, 0.3) is 0 Å². The minimum absolute atomic E-state index is 0.146. The fraction of sp³-hybridized carbons (Fsp3) is 0.250. The van der Waals surface area contributed by atoms with Gasteiger partial charge in [-0.25, -0.2) is 0 Å². The highest BCUT2D eigenvalue weighted by molar-refractivity contribution is 6.32. The van der Waals surface area contributed by atoms with E-state index in [0.29, 0.717) is 0 Å². The van der Waals surface area contributed by atoms with Gasteiger partial charge in [-0.3, -0.25) is 4.79 Å². The van der Waals surface area contributed by atoms with Crippen LogP contribution in [-0.2, 0) is 11.2 Å². The predicted octanol–water partition coefficient (Wildman–Crippen LogP) is 1.20. The summed E-state index contributed by atoms with van der Waals surface area (Å²) in [5, 5.41) is 12.3. The van der Waals surface area contributed by atoms with E-state index in [2.05, 4.69) is 10.2 Å². The van der Waals surface area contributed by atoms with Crippen molar-refractivity contribution >= 4 is 36.7 Å². The van der Waals surface area contributed by atoms with Crippen LogP contribution in [0, 0.1) is 5.92 Å². The van der Waals surface area contributed by atoms with Crippen LogP contribution >= 0.6 is 0 Å². The Balaban J connectivity index is 1.68. The summed E-state index contributed by atoms with van der Waals surface area (Å²) in [7, 11) is 4.06. The lowest BCUT2D eigenvalue weighted by Crippen LogP contribution is -2.34. The molecule has 4 nitrogen and oxygen atoms in total. The molecular formula is C20H23BN2O2. The Hall–Kier alpha value is -2.53. The maximum Gasteiger partial charge on any atom is 0.248 e. The molecule has 0 saturated carbocycles. The average Bonchev–Trinajstić information content (AvgIpc) is 2.61. The first-order valence-corrected chi connectivity index (χ1v) is 8.56. The van der Waals surface area contributed by atoms with Crippen LogP contribution < -0.4 is 15.7 Å². The Kier molecular flexibility index (Phi) is 5.24. The van der Waals surface area contributed by atoms with Gasteiger partial charge in [-0.15, -0.1) is 0 Å². The van der Waals surface area contributed by atoms with Gasteiger partial charge in [-0.1, -0.05) is 35.8 Å². The van der Waals surface area contributed by atoms with Crippen LogP contribution in [0.2, 0.25) is 0 Å². The van der Waals surface area contributed by atoms with E-state index in [9.17, 15) is 9.90 Å². The summed E-state index contributed by atoms with van der Waals surface area (Å²) in [6, 6.07) is 14.0. The zero-order valence-electron chi connectivity index (χ0n) is 14.7. The number of fused-ring (bicyclic) bond motifs is 1. The monoisotopic (exact) mass is 334 g/mol. The van der Waals surface area contributed by atoms with Crippen molar-refractivity contribution < 1.29 is 9.90 Å². The Morgan fingerprint density at radius 1 is 1.32 bits per heavy atom. The molecule has 0 aromatic heterocycles. The Morgan fingerprint density at radius 2 is 2.08 bits per heavy atom. The van der Waals surface area contributed by atoms with E-state index in [1.54, 1.807) is 6.08 Å². The van der Waals surface area contributed by atoms with Gasteiger partial charge in [-0.2, -0.15) is 0 Å². The van der Waals surface area contributed by atoms with Crippen molar-refractivity contribution in [3.05, 3.63) is 59.7 Å². The minimum Gasteiger partial charge on any atom is -0.396 e. The lowest BCUT2D eigenvalue weighted by Gasteiger charge is -2.33. The van der Waals surface area contributed by atoms with E-state index in [1.807, 2.05) is 63.4 Å². The number of aliphatic hydroxyl groups excluding tert-OH is 1. The molecule has 0 saturated heterocycles.